The minimum Gasteiger partial charge on any atom is -0.343 e. The first-order valence-corrected chi connectivity index (χ1v) is 10.1. The minimum atomic E-state index is -0.250. The van der Waals surface area contributed by atoms with Crippen LogP contribution in [0.15, 0.2) is 35.1 Å². The summed E-state index contributed by atoms with van der Waals surface area (Å²) in [5.74, 6) is 1.06. The average molecular weight is 384 g/mol. The van der Waals surface area contributed by atoms with Crippen LogP contribution < -0.4 is 16.5 Å². The molecule has 2 fully saturated rings. The molecule has 8 nitrogen and oxygen atoms in total. The summed E-state index contributed by atoms with van der Waals surface area (Å²) in [5, 5.41) is 4.45. The van der Waals surface area contributed by atoms with Crippen molar-refractivity contribution >= 4 is 5.91 Å². The van der Waals surface area contributed by atoms with Crippen molar-refractivity contribution < 1.29 is 4.79 Å². The van der Waals surface area contributed by atoms with Crippen molar-refractivity contribution in [3.05, 3.63) is 40.8 Å². The number of benzene rings is 1. The van der Waals surface area contributed by atoms with Gasteiger partial charge in [-0.25, -0.2) is 9.48 Å². The fourth-order valence-electron chi connectivity index (χ4n) is 4.43. The third-order valence-electron chi connectivity index (χ3n) is 5.99. The molecule has 1 amide bonds. The Bertz CT molecular complexity index is 890. The summed E-state index contributed by atoms with van der Waals surface area (Å²) in [7, 11) is 1.80. The molecular weight excluding hydrogens is 356 g/mol. The van der Waals surface area contributed by atoms with Crippen LogP contribution in [0.3, 0.4) is 0 Å². The highest BCUT2D eigenvalue weighted by Gasteiger charge is 2.39. The second-order valence-corrected chi connectivity index (χ2v) is 7.74. The smallest absolute Gasteiger partial charge is 0.343 e. The summed E-state index contributed by atoms with van der Waals surface area (Å²) >= 11 is 0. The number of hydrazine groups is 1. The van der Waals surface area contributed by atoms with E-state index in [0.29, 0.717) is 30.9 Å². The number of fused-ring (bicyclic) bond motifs is 1. The predicted octanol–water partition coefficient (Wildman–Crippen LogP) is 0.835. The summed E-state index contributed by atoms with van der Waals surface area (Å²) in [5.41, 5.74) is 7.30. The molecule has 1 saturated carbocycles. The normalized spacial score (nSPS) is 23.7. The molecule has 4 rings (SSSR count). The first-order chi connectivity index (χ1) is 13.6. The van der Waals surface area contributed by atoms with Crippen LogP contribution in [0, 0.1) is 5.92 Å². The van der Waals surface area contributed by atoms with Crippen LogP contribution in [0.2, 0.25) is 0 Å². The zero-order valence-corrected chi connectivity index (χ0v) is 16.5. The van der Waals surface area contributed by atoms with Gasteiger partial charge in [-0.1, -0.05) is 36.8 Å². The number of aromatic nitrogens is 3. The molecule has 3 unspecified atom stereocenters. The number of rotatable bonds is 6. The van der Waals surface area contributed by atoms with E-state index in [1.54, 1.807) is 16.5 Å². The summed E-state index contributed by atoms with van der Waals surface area (Å²) in [6.07, 6.45) is 3.63. The Balaban J connectivity index is 1.47. The topological polar surface area (TPSA) is 84.2 Å². The molecule has 150 valence electrons. The summed E-state index contributed by atoms with van der Waals surface area (Å²) in [4.78, 5) is 27.2. The third kappa shape index (κ3) is 3.49. The van der Waals surface area contributed by atoms with Gasteiger partial charge in [0.2, 0.25) is 5.91 Å². The molecule has 3 atom stereocenters. The van der Waals surface area contributed by atoms with Crippen molar-refractivity contribution in [2.45, 2.75) is 51.4 Å². The average Bonchev–Trinajstić information content (AvgIpc) is 3.39. The van der Waals surface area contributed by atoms with Gasteiger partial charge in [-0.05, 0) is 25.7 Å². The fraction of sp³-hybridized carbons (Fsp3) is 0.550. The van der Waals surface area contributed by atoms with Crippen molar-refractivity contribution in [2.75, 3.05) is 13.6 Å². The van der Waals surface area contributed by atoms with Gasteiger partial charge in [0, 0.05) is 37.8 Å². The van der Waals surface area contributed by atoms with Gasteiger partial charge in [-0.15, -0.1) is 5.10 Å². The first-order valence-electron chi connectivity index (χ1n) is 10.1. The molecule has 2 aromatic rings. The van der Waals surface area contributed by atoms with E-state index in [1.807, 2.05) is 37.3 Å². The molecule has 1 aromatic carbocycles. The second-order valence-electron chi connectivity index (χ2n) is 7.74. The van der Waals surface area contributed by atoms with Crippen molar-refractivity contribution in [1.29, 1.82) is 0 Å². The Labute approximate surface area is 164 Å². The van der Waals surface area contributed by atoms with Gasteiger partial charge in [0.25, 0.3) is 0 Å². The SMILES string of the molecule is CCn1c(-c2ccccc2)nn(CC(=O)N(C)CC2NNC3CCCC32)c1=O. The van der Waals surface area contributed by atoms with Gasteiger partial charge >= 0.3 is 5.69 Å². The molecule has 2 aliphatic rings. The quantitative estimate of drug-likeness (QED) is 0.771. The maximum absolute atomic E-state index is 12.8. The lowest BCUT2D eigenvalue weighted by Crippen LogP contribution is -2.45. The molecule has 1 saturated heterocycles. The largest absolute Gasteiger partial charge is 0.346 e. The van der Waals surface area contributed by atoms with Gasteiger partial charge in [0.05, 0.1) is 0 Å². The van der Waals surface area contributed by atoms with Gasteiger partial charge in [0.1, 0.15) is 6.54 Å². The van der Waals surface area contributed by atoms with E-state index < -0.39 is 0 Å². The number of likely N-dealkylation sites (N-methyl/N-ethyl adjacent to an activating group) is 1. The number of nitrogens with zero attached hydrogens (tertiary/aromatic N) is 4. The first kappa shape index (κ1) is 18.9. The molecule has 0 spiro atoms. The van der Waals surface area contributed by atoms with Gasteiger partial charge < -0.3 is 4.90 Å². The van der Waals surface area contributed by atoms with E-state index in [-0.39, 0.29) is 24.2 Å². The molecule has 8 heteroatoms. The minimum absolute atomic E-state index is 0.0452. The standard InChI is InChI=1S/C20H28N6O2/c1-3-25-19(14-8-5-4-6-9-14)23-26(20(25)28)13-18(27)24(2)12-17-15-10-7-11-16(15)21-22-17/h4-6,8-9,15-17,21-22H,3,7,10-13H2,1-2H3. The lowest BCUT2D eigenvalue weighted by molar-refractivity contribution is -0.131. The highest BCUT2D eigenvalue weighted by molar-refractivity contribution is 5.75. The molecule has 1 aliphatic heterocycles. The zero-order chi connectivity index (χ0) is 19.7. The molecule has 28 heavy (non-hydrogen) atoms. The lowest BCUT2D eigenvalue weighted by Gasteiger charge is -2.24. The Morgan fingerprint density at radius 1 is 1.25 bits per heavy atom. The second kappa shape index (κ2) is 7.89. The highest BCUT2D eigenvalue weighted by atomic mass is 16.2. The van der Waals surface area contributed by atoms with E-state index in [2.05, 4.69) is 16.0 Å². The van der Waals surface area contributed by atoms with Crippen LogP contribution in [-0.2, 0) is 17.9 Å². The molecule has 0 radical (unpaired) electrons. The number of nitrogens with one attached hydrogen (secondary N) is 2. The molecular formula is C20H28N6O2. The Morgan fingerprint density at radius 3 is 2.79 bits per heavy atom. The number of carbonyl (C=O) groups is 1. The van der Waals surface area contributed by atoms with Crippen molar-refractivity contribution in [2.24, 2.45) is 5.92 Å². The van der Waals surface area contributed by atoms with Crippen LogP contribution in [0.5, 0.6) is 0 Å². The van der Waals surface area contributed by atoms with Crippen molar-refractivity contribution in [3.8, 4) is 11.4 Å². The molecule has 1 aromatic heterocycles. The van der Waals surface area contributed by atoms with Crippen LogP contribution in [0.1, 0.15) is 26.2 Å². The lowest BCUT2D eigenvalue weighted by atomic mass is 9.97. The van der Waals surface area contributed by atoms with E-state index in [0.717, 1.165) is 5.56 Å². The van der Waals surface area contributed by atoms with Gasteiger partial charge in [0.15, 0.2) is 5.82 Å². The van der Waals surface area contributed by atoms with Crippen molar-refractivity contribution in [1.82, 2.24) is 30.1 Å². The zero-order valence-electron chi connectivity index (χ0n) is 16.5. The van der Waals surface area contributed by atoms with Crippen molar-refractivity contribution in [3.63, 3.8) is 0 Å². The Morgan fingerprint density at radius 2 is 2.04 bits per heavy atom. The summed E-state index contributed by atoms with van der Waals surface area (Å²) in [6, 6.07) is 10.4. The Kier molecular flexibility index (Phi) is 5.32. The van der Waals surface area contributed by atoms with Gasteiger partial charge in [-0.3, -0.25) is 20.2 Å². The van der Waals surface area contributed by atoms with E-state index in [4.69, 9.17) is 0 Å². The van der Waals surface area contributed by atoms with Crippen LogP contribution >= 0.6 is 0 Å². The number of carbonyl (C=O) groups excluding carboxylic acids is 1. The molecule has 1 aliphatic carbocycles. The molecule has 2 N–H and O–H groups in total. The van der Waals surface area contributed by atoms with E-state index in [1.165, 1.54) is 23.9 Å². The maximum Gasteiger partial charge on any atom is 0.346 e. The predicted molar refractivity (Wildman–Crippen MR) is 106 cm³/mol. The van der Waals surface area contributed by atoms with Crippen LogP contribution in [0.4, 0.5) is 0 Å². The monoisotopic (exact) mass is 384 g/mol. The summed E-state index contributed by atoms with van der Waals surface area (Å²) in [6.45, 7) is 3.00. The number of amides is 1. The third-order valence-corrected chi connectivity index (χ3v) is 5.99. The van der Waals surface area contributed by atoms with Gasteiger partial charge in [-0.2, -0.15) is 0 Å². The Hall–Kier alpha value is -2.45. The highest BCUT2D eigenvalue weighted by Crippen LogP contribution is 2.31. The maximum atomic E-state index is 12.8. The fourth-order valence-corrected chi connectivity index (χ4v) is 4.43. The number of hydrogen-bond acceptors (Lipinski definition) is 5. The molecule has 0 bridgehead atoms. The van der Waals surface area contributed by atoms with Crippen LogP contribution in [-0.4, -0.2) is 50.8 Å². The molecule has 2 heterocycles. The van der Waals surface area contributed by atoms with Crippen LogP contribution in [0.25, 0.3) is 11.4 Å². The van der Waals surface area contributed by atoms with E-state index in [9.17, 15) is 9.59 Å². The van der Waals surface area contributed by atoms with E-state index >= 15 is 0 Å². The number of hydrogen-bond donors (Lipinski definition) is 2. The summed E-state index contributed by atoms with van der Waals surface area (Å²) < 4.78 is 2.89.